The first-order valence-electron chi connectivity index (χ1n) is 8.01. The van der Waals surface area contributed by atoms with E-state index < -0.39 is 5.63 Å². The van der Waals surface area contributed by atoms with Crippen LogP contribution in [-0.4, -0.2) is 16.3 Å². The summed E-state index contributed by atoms with van der Waals surface area (Å²) in [6.45, 7) is 0. The Morgan fingerprint density at radius 1 is 1.04 bits per heavy atom. The number of aliphatic hydroxyl groups excluding tert-OH is 1. The van der Waals surface area contributed by atoms with Crippen LogP contribution in [0.4, 0.5) is 0 Å². The van der Waals surface area contributed by atoms with Crippen LogP contribution >= 0.6 is 11.8 Å². The zero-order valence-electron chi connectivity index (χ0n) is 13.3. The summed E-state index contributed by atoms with van der Waals surface area (Å²) in [4.78, 5) is 13.4. The summed E-state index contributed by atoms with van der Waals surface area (Å²) >= 11 is 1.18. The molecule has 3 aromatic rings. The van der Waals surface area contributed by atoms with Gasteiger partial charge >= 0.3 is 5.63 Å². The molecular weight excluding hydrogens is 336 g/mol. The molecule has 1 atom stereocenters. The molecule has 4 rings (SSSR count). The largest absolute Gasteiger partial charge is 0.506 e. The fraction of sp³-hybridized carbons (Fsp3) is 0.150. The van der Waals surface area contributed by atoms with E-state index in [1.54, 1.807) is 0 Å². The Kier molecular flexibility index (Phi) is 4.11. The monoisotopic (exact) mass is 352 g/mol. The van der Waals surface area contributed by atoms with Gasteiger partial charge in [0.25, 0.3) is 0 Å². The Morgan fingerprint density at radius 2 is 1.84 bits per heavy atom. The predicted molar refractivity (Wildman–Crippen MR) is 96.1 cm³/mol. The second-order valence-corrected chi connectivity index (χ2v) is 7.09. The van der Waals surface area contributed by atoms with Crippen molar-refractivity contribution in [1.29, 1.82) is 0 Å². The highest BCUT2D eigenvalue weighted by Crippen LogP contribution is 2.39. The minimum absolute atomic E-state index is 0.101. The van der Waals surface area contributed by atoms with Crippen molar-refractivity contribution in [2.24, 2.45) is 0 Å². The number of benzene rings is 2. The van der Waals surface area contributed by atoms with Gasteiger partial charge in [0.2, 0.25) is 0 Å². The van der Waals surface area contributed by atoms with Crippen molar-refractivity contribution < 1.29 is 14.6 Å². The van der Waals surface area contributed by atoms with Gasteiger partial charge in [0.15, 0.2) is 0 Å². The van der Waals surface area contributed by atoms with E-state index in [-0.39, 0.29) is 16.7 Å². The molecule has 1 aromatic heterocycles. The molecule has 1 aliphatic carbocycles. The smallest absolute Gasteiger partial charge is 0.354 e. The minimum atomic E-state index is -0.569. The number of rotatable bonds is 3. The summed E-state index contributed by atoms with van der Waals surface area (Å²) in [5.74, 6) is 0.234. The average Bonchev–Trinajstić information content (AvgIpc) is 2.99. The summed E-state index contributed by atoms with van der Waals surface area (Å²) in [5, 5.41) is 20.2. The van der Waals surface area contributed by atoms with Crippen LogP contribution in [0.5, 0.6) is 5.75 Å². The van der Waals surface area contributed by atoms with Crippen LogP contribution in [0.25, 0.3) is 11.3 Å². The molecule has 1 heterocycles. The highest BCUT2D eigenvalue weighted by atomic mass is 32.2. The maximum absolute atomic E-state index is 12.4. The molecule has 126 valence electrons. The van der Waals surface area contributed by atoms with Crippen molar-refractivity contribution >= 4 is 11.8 Å². The zero-order valence-corrected chi connectivity index (χ0v) is 14.1. The van der Waals surface area contributed by atoms with Gasteiger partial charge in [0, 0.05) is 22.9 Å². The van der Waals surface area contributed by atoms with Gasteiger partial charge in [-0.15, -0.1) is 0 Å². The molecular formula is C20H16O4S. The topological polar surface area (TPSA) is 70.7 Å². The number of hydrogen-bond donors (Lipinski definition) is 2. The standard InChI is InChI=1S/C20H16O4S/c21-14-9-13-7-4-8-18(15(13)10-14)25-19-16(22)11-17(24-20(19)23)12-5-2-1-3-6-12/h1-8,11,14,21-22H,9-10H2. The first-order valence-corrected chi connectivity index (χ1v) is 8.82. The Morgan fingerprint density at radius 3 is 2.60 bits per heavy atom. The molecule has 1 aliphatic rings. The van der Waals surface area contributed by atoms with E-state index in [1.165, 1.54) is 17.8 Å². The van der Waals surface area contributed by atoms with Crippen molar-refractivity contribution in [3.63, 3.8) is 0 Å². The average molecular weight is 352 g/mol. The molecule has 0 amide bonds. The molecule has 5 heteroatoms. The Labute approximate surface area is 148 Å². The molecule has 0 radical (unpaired) electrons. The van der Waals surface area contributed by atoms with E-state index in [0.29, 0.717) is 18.6 Å². The quantitative estimate of drug-likeness (QED) is 0.753. The second-order valence-electron chi connectivity index (χ2n) is 6.04. The van der Waals surface area contributed by atoms with E-state index >= 15 is 0 Å². The van der Waals surface area contributed by atoms with Crippen molar-refractivity contribution in [2.45, 2.75) is 28.7 Å². The van der Waals surface area contributed by atoms with E-state index in [0.717, 1.165) is 21.6 Å². The lowest BCUT2D eigenvalue weighted by atomic mass is 10.1. The zero-order chi connectivity index (χ0) is 17.4. The lowest BCUT2D eigenvalue weighted by Crippen LogP contribution is -2.04. The molecule has 0 saturated heterocycles. The Balaban J connectivity index is 1.71. The van der Waals surface area contributed by atoms with Gasteiger partial charge in [-0.3, -0.25) is 0 Å². The molecule has 2 N–H and O–H groups in total. The van der Waals surface area contributed by atoms with E-state index in [9.17, 15) is 15.0 Å². The van der Waals surface area contributed by atoms with Crippen molar-refractivity contribution in [1.82, 2.24) is 0 Å². The summed E-state index contributed by atoms with van der Waals surface area (Å²) in [5.41, 5.74) is 2.28. The van der Waals surface area contributed by atoms with Crippen LogP contribution in [-0.2, 0) is 12.8 Å². The van der Waals surface area contributed by atoms with Gasteiger partial charge in [-0.05, 0) is 23.6 Å². The summed E-state index contributed by atoms with van der Waals surface area (Å²) in [6.07, 6.45) is 0.798. The first-order chi connectivity index (χ1) is 12.1. The van der Waals surface area contributed by atoms with Crippen molar-refractivity contribution in [3.05, 3.63) is 76.1 Å². The molecule has 0 spiro atoms. The number of aliphatic hydroxyl groups is 1. The van der Waals surface area contributed by atoms with Crippen LogP contribution in [0.3, 0.4) is 0 Å². The molecule has 25 heavy (non-hydrogen) atoms. The van der Waals surface area contributed by atoms with Gasteiger partial charge in [0.1, 0.15) is 16.4 Å². The Bertz CT molecular complexity index is 979. The van der Waals surface area contributed by atoms with Gasteiger partial charge in [-0.25, -0.2) is 4.79 Å². The summed E-state index contributed by atoms with van der Waals surface area (Å²) in [6, 6.07) is 16.4. The third-order valence-corrected chi connectivity index (χ3v) is 5.47. The molecule has 2 aromatic carbocycles. The number of fused-ring (bicyclic) bond motifs is 1. The van der Waals surface area contributed by atoms with E-state index in [1.807, 2.05) is 48.5 Å². The maximum atomic E-state index is 12.4. The van der Waals surface area contributed by atoms with Crippen molar-refractivity contribution in [3.8, 4) is 17.1 Å². The molecule has 0 aliphatic heterocycles. The fourth-order valence-electron chi connectivity index (χ4n) is 3.11. The van der Waals surface area contributed by atoms with Crippen LogP contribution in [0.15, 0.2) is 73.6 Å². The summed E-state index contributed by atoms with van der Waals surface area (Å²) in [7, 11) is 0. The Hall–Kier alpha value is -2.50. The van der Waals surface area contributed by atoms with Gasteiger partial charge < -0.3 is 14.6 Å². The van der Waals surface area contributed by atoms with Crippen LogP contribution < -0.4 is 5.63 Å². The van der Waals surface area contributed by atoms with Crippen LogP contribution in [0.2, 0.25) is 0 Å². The minimum Gasteiger partial charge on any atom is -0.506 e. The van der Waals surface area contributed by atoms with Crippen LogP contribution in [0.1, 0.15) is 11.1 Å². The van der Waals surface area contributed by atoms with Crippen molar-refractivity contribution in [2.75, 3.05) is 0 Å². The lowest BCUT2D eigenvalue weighted by molar-refractivity contribution is 0.186. The van der Waals surface area contributed by atoms with Gasteiger partial charge in [0.05, 0.1) is 6.10 Å². The highest BCUT2D eigenvalue weighted by Gasteiger charge is 2.23. The summed E-state index contributed by atoms with van der Waals surface area (Å²) < 4.78 is 5.40. The first kappa shape index (κ1) is 16.0. The predicted octanol–water partition coefficient (Wildman–Crippen LogP) is 3.62. The molecule has 0 bridgehead atoms. The third-order valence-electron chi connectivity index (χ3n) is 4.28. The second kappa shape index (κ2) is 6.43. The molecule has 1 unspecified atom stereocenters. The lowest BCUT2D eigenvalue weighted by Gasteiger charge is -2.09. The normalized spacial score (nSPS) is 16.0. The SMILES string of the molecule is O=c1oc(-c2ccccc2)cc(O)c1Sc1cccc2c1CC(O)C2. The van der Waals surface area contributed by atoms with E-state index in [4.69, 9.17) is 4.42 Å². The molecule has 4 nitrogen and oxygen atoms in total. The fourth-order valence-corrected chi connectivity index (χ4v) is 4.10. The number of aromatic hydroxyl groups is 1. The highest BCUT2D eigenvalue weighted by molar-refractivity contribution is 7.99. The number of hydrogen-bond acceptors (Lipinski definition) is 5. The molecule has 0 saturated carbocycles. The van der Waals surface area contributed by atoms with Gasteiger partial charge in [-0.2, -0.15) is 0 Å². The maximum Gasteiger partial charge on any atom is 0.354 e. The van der Waals surface area contributed by atoms with E-state index in [2.05, 4.69) is 0 Å². The van der Waals surface area contributed by atoms with Gasteiger partial charge in [-0.1, -0.05) is 54.2 Å². The molecule has 0 fully saturated rings. The third kappa shape index (κ3) is 3.08. The van der Waals surface area contributed by atoms with Crippen LogP contribution in [0, 0.1) is 0 Å².